The zero-order valence-corrected chi connectivity index (χ0v) is 17.0. The molecule has 1 N–H and O–H groups in total. The van der Waals surface area contributed by atoms with Crippen LogP contribution >= 0.6 is 23.2 Å². The van der Waals surface area contributed by atoms with Crippen molar-refractivity contribution in [2.24, 2.45) is 0 Å². The fourth-order valence-electron chi connectivity index (χ4n) is 2.99. The number of nitrogens with one attached hydrogen (secondary N) is 1. The fourth-order valence-corrected chi connectivity index (χ4v) is 3.38. The van der Waals surface area contributed by atoms with Crippen molar-refractivity contribution in [3.05, 3.63) is 85.9 Å². The number of aromatic nitrogens is 1. The maximum absolute atomic E-state index is 12.5. The summed E-state index contributed by atoms with van der Waals surface area (Å²) in [5, 5.41) is 14.4. The van der Waals surface area contributed by atoms with Crippen molar-refractivity contribution in [2.45, 2.75) is 6.92 Å². The summed E-state index contributed by atoms with van der Waals surface area (Å²) in [6.45, 7) is 1.58. The van der Waals surface area contributed by atoms with E-state index in [0.29, 0.717) is 49.4 Å². The van der Waals surface area contributed by atoms with Crippen molar-refractivity contribution in [1.29, 1.82) is 0 Å². The Labute approximate surface area is 180 Å². The van der Waals surface area contributed by atoms with Crippen LogP contribution in [-0.2, 0) is 0 Å². The molecular formula is C21H13Cl2N3O4. The minimum Gasteiger partial charge on any atom is -0.436 e. The summed E-state index contributed by atoms with van der Waals surface area (Å²) in [4.78, 5) is 27.4. The molecule has 0 spiro atoms. The van der Waals surface area contributed by atoms with Crippen LogP contribution in [0.15, 0.2) is 59.0 Å². The summed E-state index contributed by atoms with van der Waals surface area (Å²) in [7, 11) is 0. The molecule has 9 heteroatoms. The number of rotatable bonds is 4. The van der Waals surface area contributed by atoms with Gasteiger partial charge in [0.05, 0.1) is 20.5 Å². The Bertz CT molecular complexity index is 1320. The van der Waals surface area contributed by atoms with Crippen molar-refractivity contribution < 1.29 is 14.1 Å². The first-order valence-corrected chi connectivity index (χ1v) is 9.50. The molecule has 0 aliphatic carbocycles. The average molecular weight is 442 g/mol. The largest absolute Gasteiger partial charge is 0.436 e. The van der Waals surface area contributed by atoms with Crippen LogP contribution in [0.25, 0.3) is 22.6 Å². The number of nitro benzene ring substituents is 1. The number of hydrogen-bond donors (Lipinski definition) is 1. The van der Waals surface area contributed by atoms with Crippen LogP contribution in [0.3, 0.4) is 0 Å². The first-order valence-electron chi connectivity index (χ1n) is 8.75. The van der Waals surface area contributed by atoms with E-state index in [1.165, 1.54) is 18.2 Å². The minimum absolute atomic E-state index is 0.0391. The van der Waals surface area contributed by atoms with Gasteiger partial charge in [0.15, 0.2) is 5.58 Å². The molecule has 30 heavy (non-hydrogen) atoms. The van der Waals surface area contributed by atoms with Crippen LogP contribution in [0.1, 0.15) is 15.9 Å². The highest BCUT2D eigenvalue weighted by Gasteiger charge is 2.16. The molecule has 0 bridgehead atoms. The van der Waals surface area contributed by atoms with Gasteiger partial charge in [-0.05, 0) is 49.4 Å². The van der Waals surface area contributed by atoms with Gasteiger partial charge in [-0.2, -0.15) is 0 Å². The number of anilines is 1. The Morgan fingerprint density at radius 1 is 1.13 bits per heavy atom. The summed E-state index contributed by atoms with van der Waals surface area (Å²) in [6, 6.07) is 14.4. The first kappa shape index (κ1) is 19.9. The predicted molar refractivity (Wildman–Crippen MR) is 115 cm³/mol. The van der Waals surface area contributed by atoms with Crippen LogP contribution in [0.4, 0.5) is 11.4 Å². The summed E-state index contributed by atoms with van der Waals surface area (Å²) in [5.41, 5.74) is 2.78. The number of oxazole rings is 1. The van der Waals surface area contributed by atoms with Crippen LogP contribution in [0.5, 0.6) is 0 Å². The Morgan fingerprint density at radius 3 is 2.67 bits per heavy atom. The second-order valence-electron chi connectivity index (χ2n) is 6.52. The van der Waals surface area contributed by atoms with E-state index in [0.717, 1.165) is 0 Å². The van der Waals surface area contributed by atoms with Crippen LogP contribution in [0.2, 0.25) is 10.0 Å². The van der Waals surface area contributed by atoms with Crippen molar-refractivity contribution in [3.63, 3.8) is 0 Å². The molecule has 1 amide bonds. The van der Waals surface area contributed by atoms with Gasteiger partial charge in [-0.3, -0.25) is 14.9 Å². The zero-order chi connectivity index (χ0) is 21.4. The molecule has 4 rings (SSSR count). The molecule has 7 nitrogen and oxygen atoms in total. The van der Waals surface area contributed by atoms with E-state index < -0.39 is 10.8 Å². The third-order valence-corrected chi connectivity index (χ3v) is 5.30. The molecule has 4 aromatic rings. The number of nitrogens with zero attached hydrogens (tertiary/aromatic N) is 2. The molecule has 0 aliphatic heterocycles. The van der Waals surface area contributed by atoms with Crippen molar-refractivity contribution in [2.75, 3.05) is 5.32 Å². The second-order valence-corrected chi connectivity index (χ2v) is 7.30. The zero-order valence-electron chi connectivity index (χ0n) is 15.5. The highest BCUT2D eigenvalue weighted by molar-refractivity contribution is 6.43. The maximum atomic E-state index is 12.5. The first-order chi connectivity index (χ1) is 14.3. The van der Waals surface area contributed by atoms with E-state index in [1.54, 1.807) is 43.3 Å². The SMILES string of the molecule is Cc1cc(C(=O)Nc2ccc3oc(-c4cccc(Cl)c4Cl)nc3c2)ccc1[N+](=O)[O-]. The number of benzene rings is 3. The molecule has 0 fully saturated rings. The smallest absolute Gasteiger partial charge is 0.272 e. The molecule has 1 heterocycles. The van der Waals surface area contributed by atoms with Gasteiger partial charge in [0.25, 0.3) is 11.6 Å². The van der Waals surface area contributed by atoms with Crippen LogP contribution in [0, 0.1) is 17.0 Å². The second kappa shape index (κ2) is 7.78. The summed E-state index contributed by atoms with van der Waals surface area (Å²) in [5.74, 6) is -0.0825. The molecule has 1 aromatic heterocycles. The molecule has 0 atom stereocenters. The Kier molecular flexibility index (Phi) is 5.15. The number of carbonyl (C=O) groups is 1. The van der Waals surface area contributed by atoms with E-state index in [1.807, 2.05) is 0 Å². The van der Waals surface area contributed by atoms with Crippen LogP contribution < -0.4 is 5.32 Å². The van der Waals surface area contributed by atoms with Gasteiger partial charge < -0.3 is 9.73 Å². The maximum Gasteiger partial charge on any atom is 0.272 e. The molecule has 0 aliphatic rings. The molecule has 150 valence electrons. The predicted octanol–water partition coefficient (Wildman–Crippen LogP) is 6.27. The monoisotopic (exact) mass is 441 g/mol. The third-order valence-electron chi connectivity index (χ3n) is 4.48. The summed E-state index contributed by atoms with van der Waals surface area (Å²) < 4.78 is 5.76. The third kappa shape index (κ3) is 3.72. The molecule has 0 saturated carbocycles. The number of hydrogen-bond acceptors (Lipinski definition) is 5. The van der Waals surface area contributed by atoms with E-state index in [2.05, 4.69) is 10.3 Å². The number of halogens is 2. The Balaban J connectivity index is 1.61. The molecule has 3 aromatic carbocycles. The summed E-state index contributed by atoms with van der Waals surface area (Å²) >= 11 is 12.3. The number of carbonyl (C=O) groups excluding carboxylic acids is 1. The molecular weight excluding hydrogens is 429 g/mol. The van der Waals surface area contributed by atoms with Gasteiger partial charge >= 0.3 is 0 Å². The van der Waals surface area contributed by atoms with Crippen molar-refractivity contribution in [1.82, 2.24) is 4.98 Å². The lowest BCUT2D eigenvalue weighted by Crippen LogP contribution is -2.12. The lowest BCUT2D eigenvalue weighted by molar-refractivity contribution is -0.385. The minimum atomic E-state index is -0.487. The van der Waals surface area contributed by atoms with E-state index in [9.17, 15) is 14.9 Å². The van der Waals surface area contributed by atoms with E-state index >= 15 is 0 Å². The molecule has 0 radical (unpaired) electrons. The van der Waals surface area contributed by atoms with E-state index in [4.69, 9.17) is 27.6 Å². The molecule has 0 saturated heterocycles. The van der Waals surface area contributed by atoms with Gasteiger partial charge in [-0.1, -0.05) is 29.3 Å². The van der Waals surface area contributed by atoms with Crippen molar-refractivity contribution >= 4 is 51.6 Å². The standard InChI is InChI=1S/C21H13Cl2N3O4/c1-11-9-12(5-7-17(11)26(28)29)20(27)24-13-6-8-18-16(10-13)25-21(30-18)14-3-2-4-15(22)19(14)23/h2-10H,1H3,(H,24,27). The fraction of sp³-hybridized carbons (Fsp3) is 0.0476. The quantitative estimate of drug-likeness (QED) is 0.297. The topological polar surface area (TPSA) is 98.3 Å². The lowest BCUT2D eigenvalue weighted by atomic mass is 10.1. The van der Waals surface area contributed by atoms with E-state index in [-0.39, 0.29) is 5.69 Å². The number of nitro groups is 1. The van der Waals surface area contributed by atoms with Gasteiger partial charge in [0.2, 0.25) is 5.89 Å². The van der Waals surface area contributed by atoms with Gasteiger partial charge in [-0.25, -0.2) is 4.98 Å². The summed E-state index contributed by atoms with van der Waals surface area (Å²) in [6.07, 6.45) is 0. The highest BCUT2D eigenvalue weighted by atomic mass is 35.5. The van der Waals surface area contributed by atoms with Gasteiger partial charge in [-0.15, -0.1) is 0 Å². The normalized spacial score (nSPS) is 10.9. The van der Waals surface area contributed by atoms with Gasteiger partial charge in [0.1, 0.15) is 5.52 Å². The number of aryl methyl sites for hydroxylation is 1. The Morgan fingerprint density at radius 2 is 1.93 bits per heavy atom. The van der Waals surface area contributed by atoms with Crippen LogP contribution in [-0.4, -0.2) is 15.8 Å². The molecule has 0 unspecified atom stereocenters. The number of amides is 1. The lowest BCUT2D eigenvalue weighted by Gasteiger charge is -2.06. The van der Waals surface area contributed by atoms with Crippen molar-refractivity contribution in [3.8, 4) is 11.5 Å². The number of fused-ring (bicyclic) bond motifs is 1. The average Bonchev–Trinajstić information content (AvgIpc) is 3.12. The highest BCUT2D eigenvalue weighted by Crippen LogP contribution is 2.35. The Hall–Kier alpha value is -3.42. The van der Waals surface area contributed by atoms with Gasteiger partial charge in [0, 0.05) is 22.9 Å².